The van der Waals surface area contributed by atoms with Crippen LogP contribution in [0.4, 0.5) is 0 Å². The average molecular weight is 520 g/mol. The fourth-order valence-corrected chi connectivity index (χ4v) is 7.57. The number of hydrogen-bond donors (Lipinski definition) is 4. The first-order valence-corrected chi connectivity index (χ1v) is 13.6. The number of aliphatic hydroxyl groups excluding tert-OH is 2. The lowest BCUT2D eigenvalue weighted by Crippen LogP contribution is -2.57. The molecule has 4 N–H and O–H groups in total. The number of hydroxylamine groups is 1. The molecule has 1 aromatic carbocycles. The standard InChI is InChI=1S/C25H33N3O7S/c1-3-35-23-6-4-5-20(26-23)19-8-7-18(13-16(19)2)17-9-11-28(12-10-17)36(33,34)25(24(31)27-32)14-21(29)22(30)15-25/h4-8,13,17,21-22,29-30,32H,3,9-12,14-15H2,1-2H3,(H,27,31). The SMILES string of the molecule is CCOc1cccc(-c2ccc(C3CCN(S(=O)(=O)C4(C(=O)NO)CC(O)C(O)C4)CC3)cc2C)n1. The van der Waals surface area contributed by atoms with Crippen LogP contribution in [-0.2, 0) is 14.8 Å². The van der Waals surface area contributed by atoms with E-state index in [2.05, 4.69) is 11.1 Å². The van der Waals surface area contributed by atoms with E-state index in [1.165, 1.54) is 9.79 Å². The van der Waals surface area contributed by atoms with E-state index in [1.807, 2.05) is 44.2 Å². The van der Waals surface area contributed by atoms with Crippen LogP contribution >= 0.6 is 0 Å². The zero-order chi connectivity index (χ0) is 26.1. The third kappa shape index (κ3) is 4.73. The number of aliphatic hydroxyl groups is 2. The van der Waals surface area contributed by atoms with Gasteiger partial charge in [0.15, 0.2) is 4.75 Å². The number of piperidine rings is 1. The van der Waals surface area contributed by atoms with Crippen molar-refractivity contribution in [1.29, 1.82) is 0 Å². The van der Waals surface area contributed by atoms with E-state index in [0.29, 0.717) is 25.3 Å². The smallest absolute Gasteiger partial charge is 0.266 e. The molecule has 1 amide bonds. The molecule has 2 aliphatic rings. The number of carbonyl (C=O) groups excluding carboxylic acids is 1. The van der Waals surface area contributed by atoms with E-state index < -0.39 is 45.7 Å². The summed E-state index contributed by atoms with van der Waals surface area (Å²) in [5.74, 6) is -0.426. The highest BCUT2D eigenvalue weighted by Crippen LogP contribution is 2.41. The minimum Gasteiger partial charge on any atom is -0.478 e. The molecule has 2 atom stereocenters. The maximum Gasteiger partial charge on any atom is 0.266 e. The lowest BCUT2D eigenvalue weighted by Gasteiger charge is -2.37. The Bertz CT molecular complexity index is 1200. The van der Waals surface area contributed by atoms with Gasteiger partial charge < -0.3 is 14.9 Å². The zero-order valence-electron chi connectivity index (χ0n) is 20.4. The van der Waals surface area contributed by atoms with Crippen LogP contribution in [-0.4, -0.2) is 75.7 Å². The van der Waals surface area contributed by atoms with Crippen molar-refractivity contribution in [2.24, 2.45) is 0 Å². The Hall–Kier alpha value is -2.57. The van der Waals surface area contributed by atoms with Crippen LogP contribution < -0.4 is 10.2 Å². The Morgan fingerprint density at radius 2 is 1.83 bits per heavy atom. The second kappa shape index (κ2) is 10.4. The predicted molar refractivity (Wildman–Crippen MR) is 132 cm³/mol. The third-order valence-corrected chi connectivity index (χ3v) is 9.89. The number of hydrogen-bond acceptors (Lipinski definition) is 8. The summed E-state index contributed by atoms with van der Waals surface area (Å²) in [5.41, 5.74) is 5.39. The average Bonchev–Trinajstić information content (AvgIpc) is 3.19. The van der Waals surface area contributed by atoms with Crippen LogP contribution in [0.25, 0.3) is 11.3 Å². The number of aryl methyl sites for hydroxylation is 1. The van der Waals surface area contributed by atoms with Gasteiger partial charge in [-0.05, 0) is 49.8 Å². The van der Waals surface area contributed by atoms with Gasteiger partial charge in [-0.2, -0.15) is 0 Å². The molecule has 2 heterocycles. The van der Waals surface area contributed by atoms with Crippen molar-refractivity contribution in [2.75, 3.05) is 19.7 Å². The molecule has 2 unspecified atom stereocenters. The number of benzene rings is 1. The van der Waals surface area contributed by atoms with Crippen LogP contribution in [0.1, 0.15) is 49.7 Å². The highest BCUT2D eigenvalue weighted by molar-refractivity contribution is 7.91. The van der Waals surface area contributed by atoms with Gasteiger partial charge >= 0.3 is 0 Å². The van der Waals surface area contributed by atoms with Crippen LogP contribution in [0.15, 0.2) is 36.4 Å². The molecule has 1 aromatic heterocycles. The molecule has 36 heavy (non-hydrogen) atoms. The molecule has 0 bridgehead atoms. The van der Waals surface area contributed by atoms with Gasteiger partial charge in [0.2, 0.25) is 15.9 Å². The lowest BCUT2D eigenvalue weighted by atomic mass is 9.88. The van der Waals surface area contributed by atoms with Gasteiger partial charge in [0, 0.05) is 37.6 Å². The first-order chi connectivity index (χ1) is 17.1. The molecule has 2 aromatic rings. The molecule has 1 aliphatic carbocycles. The van der Waals surface area contributed by atoms with E-state index >= 15 is 0 Å². The second-order valence-electron chi connectivity index (χ2n) is 9.52. The van der Waals surface area contributed by atoms with Crippen molar-refractivity contribution < 1.29 is 33.4 Å². The normalized spacial score (nSPS) is 25.6. The van der Waals surface area contributed by atoms with Crippen LogP contribution in [0.5, 0.6) is 5.88 Å². The maximum absolute atomic E-state index is 13.5. The van der Waals surface area contributed by atoms with Gasteiger partial charge in [-0.1, -0.05) is 24.3 Å². The van der Waals surface area contributed by atoms with Gasteiger partial charge in [0.25, 0.3) is 5.91 Å². The van der Waals surface area contributed by atoms with Crippen LogP contribution in [0.2, 0.25) is 0 Å². The van der Waals surface area contributed by atoms with E-state index in [-0.39, 0.29) is 19.0 Å². The lowest BCUT2D eigenvalue weighted by molar-refractivity contribution is -0.132. The highest BCUT2D eigenvalue weighted by Gasteiger charge is 2.60. The van der Waals surface area contributed by atoms with Gasteiger partial charge in [0.1, 0.15) is 0 Å². The summed E-state index contributed by atoms with van der Waals surface area (Å²) in [4.78, 5) is 17.0. The van der Waals surface area contributed by atoms with Gasteiger partial charge in [-0.25, -0.2) is 23.2 Å². The first kappa shape index (κ1) is 26.5. The fraction of sp³-hybridized carbons (Fsp3) is 0.520. The number of pyridine rings is 1. The third-order valence-electron chi connectivity index (χ3n) is 7.34. The molecule has 1 aliphatic heterocycles. The molecule has 0 radical (unpaired) electrons. The molecular weight excluding hydrogens is 486 g/mol. The number of carbonyl (C=O) groups is 1. The summed E-state index contributed by atoms with van der Waals surface area (Å²) in [6, 6.07) is 11.8. The minimum absolute atomic E-state index is 0.134. The summed E-state index contributed by atoms with van der Waals surface area (Å²) < 4.78 is 31.6. The topological polar surface area (TPSA) is 149 Å². The second-order valence-corrected chi connectivity index (χ2v) is 11.8. The largest absolute Gasteiger partial charge is 0.478 e. The Kier molecular flexibility index (Phi) is 7.67. The first-order valence-electron chi connectivity index (χ1n) is 12.1. The van der Waals surface area contributed by atoms with Crippen molar-refractivity contribution in [3.05, 3.63) is 47.5 Å². The molecule has 1 saturated heterocycles. The van der Waals surface area contributed by atoms with Crippen molar-refractivity contribution in [3.8, 4) is 17.1 Å². The summed E-state index contributed by atoms with van der Waals surface area (Å²) >= 11 is 0. The number of sulfonamides is 1. The number of rotatable bonds is 7. The number of aromatic nitrogens is 1. The summed E-state index contributed by atoms with van der Waals surface area (Å²) in [6.45, 7) is 4.85. The zero-order valence-corrected chi connectivity index (χ0v) is 21.2. The van der Waals surface area contributed by atoms with E-state index in [0.717, 1.165) is 22.4 Å². The van der Waals surface area contributed by atoms with Crippen LogP contribution in [0.3, 0.4) is 0 Å². The van der Waals surface area contributed by atoms with Gasteiger partial charge in [-0.15, -0.1) is 0 Å². The number of nitrogens with zero attached hydrogens (tertiary/aromatic N) is 2. The molecule has 196 valence electrons. The molecule has 4 rings (SSSR count). The van der Waals surface area contributed by atoms with Crippen molar-refractivity contribution in [2.45, 2.75) is 62.4 Å². The number of ether oxygens (including phenoxy) is 1. The summed E-state index contributed by atoms with van der Waals surface area (Å²) in [7, 11) is -4.24. The Balaban J connectivity index is 1.49. The van der Waals surface area contributed by atoms with E-state index in [4.69, 9.17) is 4.74 Å². The Morgan fingerprint density at radius 1 is 1.17 bits per heavy atom. The van der Waals surface area contributed by atoms with E-state index in [9.17, 15) is 28.6 Å². The monoisotopic (exact) mass is 519 g/mol. The van der Waals surface area contributed by atoms with E-state index in [1.54, 1.807) is 0 Å². The molecule has 0 spiro atoms. The Morgan fingerprint density at radius 3 is 2.42 bits per heavy atom. The molecule has 11 heteroatoms. The van der Waals surface area contributed by atoms with Crippen molar-refractivity contribution in [1.82, 2.24) is 14.8 Å². The fourth-order valence-electron chi connectivity index (χ4n) is 5.34. The number of amides is 1. The molecule has 2 fully saturated rings. The molecular formula is C25H33N3O7S. The van der Waals surface area contributed by atoms with Crippen molar-refractivity contribution in [3.63, 3.8) is 0 Å². The minimum atomic E-state index is -4.24. The summed E-state index contributed by atoms with van der Waals surface area (Å²) in [5, 5.41) is 29.2. The number of nitrogens with one attached hydrogen (secondary N) is 1. The van der Waals surface area contributed by atoms with Gasteiger partial charge in [0.05, 0.1) is 24.5 Å². The quantitative estimate of drug-likeness (QED) is 0.319. The maximum atomic E-state index is 13.5. The van der Waals surface area contributed by atoms with Gasteiger partial charge in [-0.3, -0.25) is 10.0 Å². The molecule has 10 nitrogen and oxygen atoms in total. The Labute approximate surface area is 210 Å². The molecule has 1 saturated carbocycles. The highest BCUT2D eigenvalue weighted by atomic mass is 32.2. The van der Waals surface area contributed by atoms with Crippen molar-refractivity contribution >= 4 is 15.9 Å². The predicted octanol–water partition coefficient (Wildman–Crippen LogP) is 1.72. The van der Waals surface area contributed by atoms with Crippen LogP contribution in [0, 0.1) is 6.92 Å². The summed E-state index contributed by atoms with van der Waals surface area (Å²) in [6.07, 6.45) is -2.56.